The number of carbonyl (C=O) groups excluding carboxylic acids is 1. The Morgan fingerprint density at radius 3 is 2.64 bits per heavy atom. The van der Waals surface area contributed by atoms with Gasteiger partial charge >= 0.3 is 0 Å². The zero-order valence-electron chi connectivity index (χ0n) is 15.9. The van der Waals surface area contributed by atoms with Crippen LogP contribution in [0.1, 0.15) is 42.6 Å². The molecule has 0 spiro atoms. The van der Waals surface area contributed by atoms with Crippen LogP contribution in [0.5, 0.6) is 0 Å². The monoisotopic (exact) mass is 347 g/mol. The van der Waals surface area contributed by atoms with E-state index >= 15 is 0 Å². The predicted molar refractivity (Wildman–Crippen MR) is 102 cm³/mol. The van der Waals surface area contributed by atoms with Gasteiger partial charge in [-0.2, -0.15) is 0 Å². The number of carbonyl (C=O) groups is 1. The van der Waals surface area contributed by atoms with E-state index in [4.69, 9.17) is 0 Å². The maximum atomic E-state index is 12.3. The molecule has 1 aliphatic heterocycles. The highest BCUT2D eigenvalue weighted by atomic mass is 16.3. The van der Waals surface area contributed by atoms with Gasteiger partial charge in [-0.3, -0.25) is 9.69 Å². The second kappa shape index (κ2) is 9.32. The molecule has 1 aromatic rings. The molecule has 1 aliphatic rings. The standard InChI is InChI=1S/C20H33N3O2/c1-20(2,16-24)8-5-9-21-19(25)18-7-4-6-17(14-18)15-23-12-10-22(3)11-13-23/h4,6-7,14,24H,5,8-13,15-16H2,1-3H3,(H,21,25). The van der Waals surface area contributed by atoms with E-state index < -0.39 is 0 Å². The third-order valence-electron chi connectivity index (χ3n) is 4.94. The second-order valence-electron chi connectivity index (χ2n) is 7.96. The topological polar surface area (TPSA) is 55.8 Å². The summed E-state index contributed by atoms with van der Waals surface area (Å²) in [5.41, 5.74) is 1.85. The molecule has 0 unspecified atom stereocenters. The Labute approximate surface area is 152 Å². The average Bonchev–Trinajstić information content (AvgIpc) is 2.61. The van der Waals surface area contributed by atoms with Crippen LogP contribution in [0, 0.1) is 5.41 Å². The highest BCUT2D eigenvalue weighted by molar-refractivity contribution is 5.94. The summed E-state index contributed by atoms with van der Waals surface area (Å²) < 4.78 is 0. The summed E-state index contributed by atoms with van der Waals surface area (Å²) >= 11 is 0. The van der Waals surface area contributed by atoms with E-state index in [1.165, 1.54) is 5.56 Å². The SMILES string of the molecule is CN1CCN(Cc2cccc(C(=O)NCCCC(C)(C)CO)c2)CC1. The third kappa shape index (κ3) is 6.77. The van der Waals surface area contributed by atoms with Gasteiger partial charge in [0.1, 0.15) is 0 Å². The molecule has 1 heterocycles. The number of likely N-dealkylation sites (N-methyl/N-ethyl adjacent to an activating group) is 1. The summed E-state index contributed by atoms with van der Waals surface area (Å²) in [5, 5.41) is 12.3. The minimum Gasteiger partial charge on any atom is -0.396 e. The van der Waals surface area contributed by atoms with Crippen LogP contribution in [-0.2, 0) is 6.54 Å². The maximum absolute atomic E-state index is 12.3. The number of benzene rings is 1. The molecule has 0 atom stereocenters. The summed E-state index contributed by atoms with van der Waals surface area (Å²) in [6.07, 6.45) is 1.77. The van der Waals surface area contributed by atoms with Crippen molar-refractivity contribution in [2.24, 2.45) is 5.41 Å². The summed E-state index contributed by atoms with van der Waals surface area (Å²) in [6, 6.07) is 7.94. The maximum Gasteiger partial charge on any atom is 0.251 e. The third-order valence-corrected chi connectivity index (χ3v) is 4.94. The molecule has 0 radical (unpaired) electrons. The minimum atomic E-state index is -0.0762. The van der Waals surface area contributed by atoms with E-state index in [0.29, 0.717) is 6.54 Å². The van der Waals surface area contributed by atoms with Crippen molar-refractivity contribution >= 4 is 5.91 Å². The molecule has 1 amide bonds. The van der Waals surface area contributed by atoms with Gasteiger partial charge in [0.2, 0.25) is 0 Å². The number of amides is 1. The Morgan fingerprint density at radius 2 is 1.96 bits per heavy atom. The number of nitrogens with one attached hydrogen (secondary N) is 1. The first kappa shape index (κ1) is 19.9. The lowest BCUT2D eigenvalue weighted by atomic mass is 9.89. The Kier molecular flexibility index (Phi) is 7.41. The smallest absolute Gasteiger partial charge is 0.251 e. The fourth-order valence-electron chi connectivity index (χ4n) is 3.03. The van der Waals surface area contributed by atoms with Gasteiger partial charge in [-0.1, -0.05) is 26.0 Å². The average molecular weight is 348 g/mol. The Bertz CT molecular complexity index is 552. The van der Waals surface area contributed by atoms with E-state index in [-0.39, 0.29) is 17.9 Å². The van der Waals surface area contributed by atoms with Gasteiger partial charge in [0.15, 0.2) is 0 Å². The Hall–Kier alpha value is -1.43. The second-order valence-corrected chi connectivity index (χ2v) is 7.96. The van der Waals surface area contributed by atoms with Crippen molar-refractivity contribution in [3.8, 4) is 0 Å². The van der Waals surface area contributed by atoms with E-state index in [1.807, 2.05) is 32.0 Å². The van der Waals surface area contributed by atoms with Gasteiger partial charge in [-0.25, -0.2) is 0 Å². The van der Waals surface area contributed by atoms with E-state index in [0.717, 1.165) is 51.1 Å². The molecule has 2 N–H and O–H groups in total. The largest absolute Gasteiger partial charge is 0.396 e. The summed E-state index contributed by atoms with van der Waals surface area (Å²) in [6.45, 7) is 10.2. The van der Waals surface area contributed by atoms with Gasteiger partial charge in [-0.15, -0.1) is 0 Å². The highest BCUT2D eigenvalue weighted by Crippen LogP contribution is 2.20. The lowest BCUT2D eigenvalue weighted by Gasteiger charge is -2.32. The fourth-order valence-corrected chi connectivity index (χ4v) is 3.03. The number of nitrogens with zero attached hydrogens (tertiary/aromatic N) is 2. The fraction of sp³-hybridized carbons (Fsp3) is 0.650. The zero-order valence-corrected chi connectivity index (χ0v) is 15.9. The molecule has 0 bridgehead atoms. The lowest BCUT2D eigenvalue weighted by molar-refractivity contribution is 0.0948. The van der Waals surface area contributed by atoms with Crippen LogP contribution in [0.15, 0.2) is 24.3 Å². The first-order chi connectivity index (χ1) is 11.9. The molecule has 2 rings (SSSR count). The number of hydrogen-bond acceptors (Lipinski definition) is 4. The van der Waals surface area contributed by atoms with Crippen molar-refractivity contribution < 1.29 is 9.90 Å². The number of aliphatic hydroxyl groups excluding tert-OH is 1. The van der Waals surface area contributed by atoms with Crippen molar-refractivity contribution in [3.63, 3.8) is 0 Å². The van der Waals surface area contributed by atoms with Crippen LogP contribution in [-0.4, -0.2) is 67.2 Å². The lowest BCUT2D eigenvalue weighted by Crippen LogP contribution is -2.43. The predicted octanol–water partition coefficient (Wildman–Crippen LogP) is 1.96. The van der Waals surface area contributed by atoms with Crippen LogP contribution in [0.25, 0.3) is 0 Å². The van der Waals surface area contributed by atoms with Crippen LogP contribution in [0.3, 0.4) is 0 Å². The molecule has 140 valence electrons. The van der Waals surface area contributed by atoms with Gasteiger partial charge in [-0.05, 0) is 43.0 Å². The quantitative estimate of drug-likeness (QED) is 0.706. The first-order valence-electron chi connectivity index (χ1n) is 9.28. The van der Waals surface area contributed by atoms with Crippen molar-refractivity contribution in [1.29, 1.82) is 0 Å². The van der Waals surface area contributed by atoms with E-state index in [2.05, 4.69) is 28.2 Å². The molecule has 5 nitrogen and oxygen atoms in total. The van der Waals surface area contributed by atoms with E-state index in [9.17, 15) is 9.90 Å². The van der Waals surface area contributed by atoms with E-state index in [1.54, 1.807) is 0 Å². The molecule has 0 aliphatic carbocycles. The van der Waals surface area contributed by atoms with Crippen LogP contribution >= 0.6 is 0 Å². The van der Waals surface area contributed by atoms with Crippen molar-refractivity contribution in [3.05, 3.63) is 35.4 Å². The number of rotatable bonds is 8. The van der Waals surface area contributed by atoms with Crippen LogP contribution in [0.2, 0.25) is 0 Å². The number of hydrogen-bond donors (Lipinski definition) is 2. The van der Waals surface area contributed by atoms with Crippen molar-refractivity contribution in [2.45, 2.75) is 33.2 Å². The van der Waals surface area contributed by atoms with Crippen LogP contribution < -0.4 is 5.32 Å². The van der Waals surface area contributed by atoms with Gasteiger partial charge in [0, 0.05) is 51.4 Å². The van der Waals surface area contributed by atoms with Gasteiger partial charge < -0.3 is 15.3 Å². The summed E-state index contributed by atoms with van der Waals surface area (Å²) in [7, 11) is 2.16. The van der Waals surface area contributed by atoms with Gasteiger partial charge in [0.05, 0.1) is 0 Å². The number of aliphatic hydroxyl groups is 1. The molecule has 1 fully saturated rings. The van der Waals surface area contributed by atoms with Crippen molar-refractivity contribution in [2.75, 3.05) is 46.4 Å². The Balaban J connectivity index is 1.80. The molecule has 0 aromatic heterocycles. The minimum absolute atomic E-state index is 0.0120. The first-order valence-corrected chi connectivity index (χ1v) is 9.28. The molecule has 5 heteroatoms. The van der Waals surface area contributed by atoms with Crippen LogP contribution in [0.4, 0.5) is 0 Å². The molecule has 1 aromatic carbocycles. The molecular formula is C20H33N3O2. The van der Waals surface area contributed by atoms with Crippen molar-refractivity contribution in [1.82, 2.24) is 15.1 Å². The summed E-state index contributed by atoms with van der Waals surface area (Å²) in [5.74, 6) is -0.0120. The molecule has 0 saturated carbocycles. The Morgan fingerprint density at radius 1 is 1.24 bits per heavy atom. The molecule has 1 saturated heterocycles. The normalized spacial score (nSPS) is 16.8. The highest BCUT2D eigenvalue weighted by Gasteiger charge is 2.16. The summed E-state index contributed by atoms with van der Waals surface area (Å²) in [4.78, 5) is 17.1. The molecular weight excluding hydrogens is 314 g/mol. The molecule has 25 heavy (non-hydrogen) atoms. The number of piperazine rings is 1. The van der Waals surface area contributed by atoms with Gasteiger partial charge in [0.25, 0.3) is 5.91 Å². The zero-order chi connectivity index (χ0) is 18.3.